The second-order valence-electron chi connectivity index (χ2n) is 18.8. The van der Waals surface area contributed by atoms with Crippen molar-refractivity contribution in [1.29, 1.82) is 0 Å². The molecule has 0 aromatic carbocycles. The summed E-state index contributed by atoms with van der Waals surface area (Å²) >= 11 is 0. The number of nitrogens with zero attached hydrogens (tertiary/aromatic N) is 4. The van der Waals surface area contributed by atoms with E-state index in [0.717, 1.165) is 68.9 Å². The Morgan fingerprint density at radius 3 is 1.25 bits per heavy atom. The summed E-state index contributed by atoms with van der Waals surface area (Å²) in [6.07, 6.45) is 12.8. The molecular weight excluding hydrogens is 653 g/mol. The summed E-state index contributed by atoms with van der Waals surface area (Å²) in [5, 5.41) is 0. The number of ether oxygens (including phenoxy) is 2. The lowest BCUT2D eigenvalue weighted by Crippen LogP contribution is -2.50. The third-order valence-electron chi connectivity index (χ3n) is 11.3. The predicted octanol–water partition coefficient (Wildman–Crippen LogP) is 10.9. The van der Waals surface area contributed by atoms with Gasteiger partial charge in [-0.05, 0) is 98.3 Å². The van der Waals surface area contributed by atoms with Gasteiger partial charge in [0.05, 0.1) is 13.2 Å². The quantitative estimate of drug-likeness (QED) is 0.241. The van der Waals surface area contributed by atoms with Crippen molar-refractivity contribution in [2.24, 2.45) is 23.7 Å². The molecular formula is C47H92N4O2. The van der Waals surface area contributed by atoms with E-state index in [1.807, 2.05) is 0 Å². The van der Waals surface area contributed by atoms with E-state index in [1.165, 1.54) is 58.7 Å². The normalized spacial score (nSPS) is 21.6. The minimum absolute atomic E-state index is 0.238. The molecule has 1 aliphatic carbocycles. The Bertz CT molecular complexity index is 1020. The second-order valence-corrected chi connectivity index (χ2v) is 18.8. The van der Waals surface area contributed by atoms with Crippen molar-refractivity contribution >= 4 is 0 Å². The van der Waals surface area contributed by atoms with Gasteiger partial charge in [0, 0.05) is 89.4 Å². The van der Waals surface area contributed by atoms with Crippen LogP contribution in [0.2, 0.25) is 0 Å². The molecule has 6 nitrogen and oxygen atoms in total. The van der Waals surface area contributed by atoms with Gasteiger partial charge in [0.2, 0.25) is 0 Å². The molecule has 2 saturated heterocycles. The average molecular weight is 745 g/mol. The topological polar surface area (TPSA) is 31.4 Å². The van der Waals surface area contributed by atoms with Crippen LogP contribution < -0.4 is 0 Å². The molecule has 4 heterocycles. The van der Waals surface area contributed by atoms with Gasteiger partial charge in [-0.25, -0.2) is 0 Å². The highest BCUT2D eigenvalue weighted by molar-refractivity contribution is 5.12. The van der Waals surface area contributed by atoms with Crippen LogP contribution in [0.3, 0.4) is 0 Å². The molecule has 0 N–H and O–H groups in total. The number of rotatable bonds is 7. The van der Waals surface area contributed by atoms with Crippen LogP contribution in [0.5, 0.6) is 0 Å². The molecule has 53 heavy (non-hydrogen) atoms. The van der Waals surface area contributed by atoms with Crippen molar-refractivity contribution in [2.45, 2.75) is 180 Å². The lowest BCUT2D eigenvalue weighted by Gasteiger charge is -2.38. The fourth-order valence-corrected chi connectivity index (χ4v) is 7.23. The van der Waals surface area contributed by atoms with Crippen LogP contribution in [0.25, 0.3) is 0 Å². The van der Waals surface area contributed by atoms with E-state index in [4.69, 9.17) is 9.47 Å². The Labute approximate surface area is 332 Å². The highest BCUT2D eigenvalue weighted by atomic mass is 16.7. The maximum Gasteiger partial charge on any atom is 0.172 e. The molecule has 0 radical (unpaired) electrons. The number of allylic oxidation sites excluding steroid dienone is 1. The summed E-state index contributed by atoms with van der Waals surface area (Å²) in [5.74, 6) is 2.75. The highest BCUT2D eigenvalue weighted by Gasteiger charge is 2.37. The molecule has 312 valence electrons. The fraction of sp³-hybridized carbons (Fsp3) is 0.872. The van der Waals surface area contributed by atoms with E-state index >= 15 is 0 Å². The molecule has 0 atom stereocenters. The predicted molar refractivity (Wildman–Crippen MR) is 234 cm³/mol. The van der Waals surface area contributed by atoms with Gasteiger partial charge >= 0.3 is 0 Å². The van der Waals surface area contributed by atoms with E-state index in [-0.39, 0.29) is 5.79 Å². The van der Waals surface area contributed by atoms with Crippen LogP contribution >= 0.6 is 0 Å². The summed E-state index contributed by atoms with van der Waals surface area (Å²) in [6.45, 7) is 49.8. The van der Waals surface area contributed by atoms with Crippen LogP contribution in [-0.4, -0.2) is 115 Å². The van der Waals surface area contributed by atoms with E-state index in [2.05, 4.69) is 156 Å². The smallest absolute Gasteiger partial charge is 0.172 e. The van der Waals surface area contributed by atoms with Gasteiger partial charge in [-0.1, -0.05) is 97.3 Å². The van der Waals surface area contributed by atoms with Crippen LogP contribution in [-0.2, 0) is 9.47 Å². The molecule has 0 saturated carbocycles. The van der Waals surface area contributed by atoms with Crippen LogP contribution in [0.15, 0.2) is 34.9 Å². The van der Waals surface area contributed by atoms with E-state index in [0.29, 0.717) is 18.0 Å². The number of piperazine rings is 1. The van der Waals surface area contributed by atoms with E-state index in [9.17, 15) is 0 Å². The lowest BCUT2D eigenvalue weighted by atomic mass is 9.88. The van der Waals surface area contributed by atoms with Crippen LogP contribution in [0.4, 0.5) is 0 Å². The van der Waals surface area contributed by atoms with Crippen molar-refractivity contribution in [3.63, 3.8) is 0 Å². The second kappa shape index (κ2) is 26.0. The first-order valence-electron chi connectivity index (χ1n) is 22.1. The third kappa shape index (κ3) is 20.1. The minimum Gasteiger partial charge on any atom is -0.347 e. The molecule has 0 bridgehead atoms. The Hall–Kier alpha value is -1.02. The van der Waals surface area contributed by atoms with Gasteiger partial charge in [0.25, 0.3) is 0 Å². The zero-order chi connectivity index (χ0) is 40.3. The van der Waals surface area contributed by atoms with Crippen LogP contribution in [0, 0.1) is 23.7 Å². The van der Waals surface area contributed by atoms with Crippen molar-refractivity contribution in [1.82, 2.24) is 19.6 Å². The molecule has 0 amide bonds. The zero-order valence-corrected chi connectivity index (χ0v) is 38.6. The van der Waals surface area contributed by atoms with E-state index in [1.54, 1.807) is 16.7 Å². The Morgan fingerprint density at radius 1 is 0.472 bits per heavy atom. The fourth-order valence-electron chi connectivity index (χ4n) is 7.23. The standard InChI is InChI=1S/2C11H21N.C11H18O2.C10H22N2.C4H10/c1-9(2)11-5-7-12(8-6-11)10(3)4;1-9(2)11-6-5-7-12(8-11)10(3)4;1-9(2)10-3-5-11(6-4-10)12-7-8-13-11;1-9(2)11-5-7-12(8-6-11)10(3)4;1-4(2)3/h5,9-10H,6-8H2,1-4H3;6,9-10H,5,7-8H2,1-4H3;3,9H,4-8H2,1-2H3;9-10H,5-8H2,1-4H3;4H,1-3H3. The summed E-state index contributed by atoms with van der Waals surface area (Å²) in [6, 6.07) is 2.85. The minimum atomic E-state index is -0.238. The molecule has 0 aromatic rings. The maximum atomic E-state index is 5.64. The third-order valence-corrected chi connectivity index (χ3v) is 11.3. The van der Waals surface area contributed by atoms with Gasteiger partial charge in [-0.3, -0.25) is 19.6 Å². The van der Waals surface area contributed by atoms with Crippen molar-refractivity contribution < 1.29 is 9.47 Å². The number of hydrogen-bond acceptors (Lipinski definition) is 6. The zero-order valence-electron chi connectivity index (χ0n) is 38.6. The summed E-state index contributed by atoms with van der Waals surface area (Å²) < 4.78 is 11.3. The maximum absolute atomic E-state index is 5.64. The van der Waals surface area contributed by atoms with Crippen molar-refractivity contribution in [2.75, 3.05) is 65.6 Å². The van der Waals surface area contributed by atoms with Gasteiger partial charge in [0.15, 0.2) is 5.79 Å². The molecule has 1 spiro atoms. The van der Waals surface area contributed by atoms with Gasteiger partial charge in [0.1, 0.15) is 0 Å². The molecule has 5 rings (SSSR count). The molecule has 0 aromatic heterocycles. The van der Waals surface area contributed by atoms with Gasteiger partial charge in [-0.15, -0.1) is 0 Å². The molecule has 0 unspecified atom stereocenters. The Morgan fingerprint density at radius 2 is 0.906 bits per heavy atom. The van der Waals surface area contributed by atoms with Crippen molar-refractivity contribution in [3.8, 4) is 0 Å². The van der Waals surface area contributed by atoms with Crippen LogP contribution in [0.1, 0.15) is 150 Å². The first-order valence-corrected chi connectivity index (χ1v) is 22.1. The molecule has 2 fully saturated rings. The highest BCUT2D eigenvalue weighted by Crippen LogP contribution is 2.36. The van der Waals surface area contributed by atoms with Gasteiger partial charge < -0.3 is 9.47 Å². The summed E-state index contributed by atoms with van der Waals surface area (Å²) in [5.41, 5.74) is 4.83. The summed E-state index contributed by atoms with van der Waals surface area (Å²) in [7, 11) is 0. The molecule has 5 aliphatic rings. The van der Waals surface area contributed by atoms with Gasteiger partial charge in [-0.2, -0.15) is 0 Å². The number of hydrogen-bond donors (Lipinski definition) is 0. The van der Waals surface area contributed by atoms with Crippen molar-refractivity contribution in [3.05, 3.63) is 34.9 Å². The van der Waals surface area contributed by atoms with E-state index < -0.39 is 0 Å². The SMILES string of the molecule is CC(C)C.CC(C)C1=CCC2(CC1)OCCO2.CC(C)C1=CCCN(C(C)C)C1.CC(C)C1=CCN(C(C)C)CC1.CC(C)N1CCN(C(C)C)CC1. The Kier molecular flexibility index (Phi) is 24.5. The first-order chi connectivity index (χ1) is 24.8. The molecule has 4 aliphatic heterocycles. The Balaban J connectivity index is 0.000000342. The lowest BCUT2D eigenvalue weighted by molar-refractivity contribution is -0.161. The largest absolute Gasteiger partial charge is 0.347 e. The summed E-state index contributed by atoms with van der Waals surface area (Å²) in [4.78, 5) is 10.2. The first kappa shape index (κ1) is 50.0. The monoisotopic (exact) mass is 745 g/mol. The average Bonchev–Trinajstić information content (AvgIpc) is 3.56. The molecule has 6 heteroatoms.